The molecule has 0 spiro atoms. The Kier molecular flexibility index (Phi) is 2.70. The molecule has 0 aromatic heterocycles. The lowest BCUT2D eigenvalue weighted by molar-refractivity contribution is 0.801. The third-order valence-corrected chi connectivity index (χ3v) is 3.99. The first-order chi connectivity index (χ1) is 6.72. The van der Waals surface area contributed by atoms with Gasteiger partial charge in [-0.15, -0.1) is 11.8 Å². The zero-order chi connectivity index (χ0) is 10.1. The van der Waals surface area contributed by atoms with Crippen molar-refractivity contribution in [2.75, 3.05) is 17.6 Å². The summed E-state index contributed by atoms with van der Waals surface area (Å²) in [4.78, 5) is 1.36. The maximum Gasteiger partial charge on any atom is 0.0513 e. The topological polar surface area (TPSA) is 38.0 Å². The number of thioether (sulfide) groups is 1. The summed E-state index contributed by atoms with van der Waals surface area (Å²) in [6.07, 6.45) is 0. The van der Waals surface area contributed by atoms with Crippen molar-refractivity contribution >= 4 is 17.4 Å². The van der Waals surface area contributed by atoms with Gasteiger partial charge in [0.2, 0.25) is 0 Å². The Labute approximate surface area is 89.3 Å². The molecule has 1 aromatic rings. The quantitative estimate of drug-likeness (QED) is 0.742. The molecular formula is C11H16N2S. The van der Waals surface area contributed by atoms with Crippen molar-refractivity contribution in [1.82, 2.24) is 0 Å². The Balaban J connectivity index is 2.38. The molecule has 1 heterocycles. The first-order valence-electron chi connectivity index (χ1n) is 4.92. The van der Waals surface area contributed by atoms with Gasteiger partial charge in [0.1, 0.15) is 0 Å². The molecular weight excluding hydrogens is 192 g/mol. The number of aryl methyl sites for hydroxylation is 1. The second-order valence-electron chi connectivity index (χ2n) is 3.77. The molecule has 0 saturated heterocycles. The summed E-state index contributed by atoms with van der Waals surface area (Å²) in [7, 11) is 0. The van der Waals surface area contributed by atoms with Gasteiger partial charge in [0, 0.05) is 23.2 Å². The maximum absolute atomic E-state index is 5.67. The van der Waals surface area contributed by atoms with Crippen molar-refractivity contribution in [3.05, 3.63) is 23.3 Å². The van der Waals surface area contributed by atoms with Crippen LogP contribution in [0.3, 0.4) is 0 Å². The SMILES string of the molecule is Cc1ccc2c(c1C)NC(CN)CS2. The van der Waals surface area contributed by atoms with Gasteiger partial charge in [-0.25, -0.2) is 0 Å². The van der Waals surface area contributed by atoms with E-state index in [1.165, 1.54) is 21.7 Å². The van der Waals surface area contributed by atoms with E-state index in [9.17, 15) is 0 Å². The van der Waals surface area contributed by atoms with E-state index in [1.54, 1.807) is 0 Å². The highest BCUT2D eigenvalue weighted by Crippen LogP contribution is 2.36. The van der Waals surface area contributed by atoms with Crippen LogP contribution in [0.2, 0.25) is 0 Å². The van der Waals surface area contributed by atoms with Crippen molar-refractivity contribution < 1.29 is 0 Å². The summed E-state index contributed by atoms with van der Waals surface area (Å²) in [5.41, 5.74) is 9.66. The highest BCUT2D eigenvalue weighted by Gasteiger charge is 2.18. The molecule has 1 aliphatic rings. The second-order valence-corrected chi connectivity index (χ2v) is 4.83. The largest absolute Gasteiger partial charge is 0.379 e. The van der Waals surface area contributed by atoms with Crippen LogP contribution in [0, 0.1) is 13.8 Å². The number of hydrogen-bond acceptors (Lipinski definition) is 3. The third kappa shape index (κ3) is 1.62. The molecule has 2 rings (SSSR count). The Morgan fingerprint density at radius 1 is 1.50 bits per heavy atom. The molecule has 2 nitrogen and oxygen atoms in total. The number of rotatable bonds is 1. The normalized spacial score (nSPS) is 20.1. The number of fused-ring (bicyclic) bond motifs is 1. The molecule has 76 valence electrons. The van der Waals surface area contributed by atoms with Crippen LogP contribution in [0.5, 0.6) is 0 Å². The lowest BCUT2D eigenvalue weighted by Crippen LogP contribution is -2.33. The summed E-state index contributed by atoms with van der Waals surface area (Å²) in [6.45, 7) is 5.02. The first-order valence-corrected chi connectivity index (χ1v) is 5.90. The smallest absolute Gasteiger partial charge is 0.0513 e. The van der Waals surface area contributed by atoms with Gasteiger partial charge in [-0.05, 0) is 31.0 Å². The van der Waals surface area contributed by atoms with Crippen molar-refractivity contribution in [3.63, 3.8) is 0 Å². The standard InChI is InChI=1S/C11H16N2S/c1-7-3-4-10-11(8(7)2)13-9(5-12)6-14-10/h3-4,9,13H,5-6,12H2,1-2H3. The number of nitrogens with one attached hydrogen (secondary N) is 1. The highest BCUT2D eigenvalue weighted by atomic mass is 32.2. The fourth-order valence-corrected chi connectivity index (χ4v) is 2.77. The fourth-order valence-electron chi connectivity index (χ4n) is 1.65. The van der Waals surface area contributed by atoms with Crippen molar-refractivity contribution in [2.24, 2.45) is 5.73 Å². The molecule has 0 fully saturated rings. The van der Waals surface area contributed by atoms with Crippen LogP contribution in [-0.4, -0.2) is 18.3 Å². The Hall–Kier alpha value is -0.670. The van der Waals surface area contributed by atoms with Crippen LogP contribution < -0.4 is 11.1 Å². The van der Waals surface area contributed by atoms with Gasteiger partial charge in [0.05, 0.1) is 5.69 Å². The monoisotopic (exact) mass is 208 g/mol. The number of benzene rings is 1. The van der Waals surface area contributed by atoms with E-state index < -0.39 is 0 Å². The molecule has 0 radical (unpaired) electrons. The van der Waals surface area contributed by atoms with Gasteiger partial charge in [-0.3, -0.25) is 0 Å². The molecule has 1 unspecified atom stereocenters. The van der Waals surface area contributed by atoms with Crippen LogP contribution in [0.25, 0.3) is 0 Å². The van der Waals surface area contributed by atoms with Gasteiger partial charge in [-0.2, -0.15) is 0 Å². The molecule has 3 heteroatoms. The average Bonchev–Trinajstić information content (AvgIpc) is 2.23. The summed E-state index contributed by atoms with van der Waals surface area (Å²) in [5.74, 6) is 1.08. The van der Waals surface area contributed by atoms with Crippen molar-refractivity contribution in [2.45, 2.75) is 24.8 Å². The van der Waals surface area contributed by atoms with Gasteiger partial charge in [0.15, 0.2) is 0 Å². The predicted octanol–water partition coefficient (Wildman–Crippen LogP) is 2.15. The molecule has 0 saturated carbocycles. The lowest BCUT2D eigenvalue weighted by atomic mass is 10.1. The summed E-state index contributed by atoms with van der Waals surface area (Å²) >= 11 is 1.90. The van der Waals surface area contributed by atoms with Gasteiger partial charge >= 0.3 is 0 Å². The van der Waals surface area contributed by atoms with Crippen molar-refractivity contribution in [3.8, 4) is 0 Å². The lowest BCUT2D eigenvalue weighted by Gasteiger charge is -2.27. The van der Waals surface area contributed by atoms with Gasteiger partial charge < -0.3 is 11.1 Å². The predicted molar refractivity (Wildman–Crippen MR) is 63.1 cm³/mol. The number of anilines is 1. The molecule has 0 bridgehead atoms. The summed E-state index contributed by atoms with van der Waals surface area (Å²) in [6, 6.07) is 4.81. The van der Waals surface area contributed by atoms with E-state index in [-0.39, 0.29) is 0 Å². The first kappa shape index (κ1) is 9.87. The zero-order valence-corrected chi connectivity index (χ0v) is 9.45. The minimum Gasteiger partial charge on any atom is -0.379 e. The highest BCUT2D eigenvalue weighted by molar-refractivity contribution is 7.99. The third-order valence-electron chi connectivity index (χ3n) is 2.77. The van der Waals surface area contributed by atoms with E-state index in [2.05, 4.69) is 31.3 Å². The van der Waals surface area contributed by atoms with Crippen molar-refractivity contribution in [1.29, 1.82) is 0 Å². The van der Waals surface area contributed by atoms with Crippen LogP contribution in [-0.2, 0) is 0 Å². The van der Waals surface area contributed by atoms with E-state index >= 15 is 0 Å². The summed E-state index contributed by atoms with van der Waals surface area (Å²) in [5, 5.41) is 3.51. The van der Waals surface area contributed by atoms with E-state index in [1.807, 2.05) is 11.8 Å². The molecule has 1 aromatic carbocycles. The number of hydrogen-bond donors (Lipinski definition) is 2. The summed E-state index contributed by atoms with van der Waals surface area (Å²) < 4.78 is 0. The fraction of sp³-hybridized carbons (Fsp3) is 0.455. The minimum atomic E-state index is 0.424. The Morgan fingerprint density at radius 3 is 3.00 bits per heavy atom. The van der Waals surface area contributed by atoms with Crippen LogP contribution in [0.4, 0.5) is 5.69 Å². The van der Waals surface area contributed by atoms with E-state index in [0.717, 1.165) is 5.75 Å². The zero-order valence-electron chi connectivity index (χ0n) is 8.63. The Morgan fingerprint density at radius 2 is 2.29 bits per heavy atom. The van der Waals surface area contributed by atoms with E-state index in [4.69, 9.17) is 5.73 Å². The van der Waals surface area contributed by atoms with Crippen LogP contribution in [0.1, 0.15) is 11.1 Å². The molecule has 0 amide bonds. The molecule has 14 heavy (non-hydrogen) atoms. The maximum atomic E-state index is 5.67. The van der Waals surface area contributed by atoms with Gasteiger partial charge in [0.25, 0.3) is 0 Å². The van der Waals surface area contributed by atoms with E-state index in [0.29, 0.717) is 12.6 Å². The van der Waals surface area contributed by atoms with Gasteiger partial charge in [-0.1, -0.05) is 6.07 Å². The van der Waals surface area contributed by atoms with Crippen LogP contribution >= 0.6 is 11.8 Å². The number of nitrogens with two attached hydrogens (primary N) is 1. The average molecular weight is 208 g/mol. The molecule has 0 aliphatic carbocycles. The van der Waals surface area contributed by atoms with Crippen LogP contribution in [0.15, 0.2) is 17.0 Å². The molecule has 3 N–H and O–H groups in total. The Bertz CT molecular complexity index is 349. The molecule has 1 aliphatic heterocycles. The minimum absolute atomic E-state index is 0.424. The molecule has 1 atom stereocenters. The second kappa shape index (κ2) is 3.83.